The predicted octanol–water partition coefficient (Wildman–Crippen LogP) is 2.83. The van der Waals surface area contributed by atoms with E-state index in [4.69, 9.17) is 0 Å². The molecule has 0 N–H and O–H groups in total. The molecule has 0 saturated carbocycles. The first-order chi connectivity index (χ1) is 8.17. The van der Waals surface area contributed by atoms with Crippen molar-refractivity contribution in [3.05, 3.63) is 41.5 Å². The summed E-state index contributed by atoms with van der Waals surface area (Å²) in [5.74, 6) is -0.406. The van der Waals surface area contributed by atoms with Gasteiger partial charge in [-0.25, -0.2) is 4.39 Å². The molecule has 17 heavy (non-hydrogen) atoms. The summed E-state index contributed by atoms with van der Waals surface area (Å²) in [5, 5.41) is 4.22. The van der Waals surface area contributed by atoms with Crippen LogP contribution in [0.5, 0.6) is 0 Å². The molecule has 1 heterocycles. The van der Waals surface area contributed by atoms with Crippen molar-refractivity contribution in [3.8, 4) is 11.1 Å². The molecule has 0 aliphatic rings. The zero-order valence-corrected chi connectivity index (χ0v) is 9.77. The number of aryl methyl sites for hydroxylation is 1. The van der Waals surface area contributed by atoms with Crippen LogP contribution in [0.25, 0.3) is 11.1 Å². The van der Waals surface area contributed by atoms with E-state index in [0.29, 0.717) is 11.8 Å². The van der Waals surface area contributed by atoms with E-state index >= 15 is 0 Å². The first-order valence-electron chi connectivity index (χ1n) is 5.45. The van der Waals surface area contributed by atoms with Crippen LogP contribution in [0.15, 0.2) is 24.4 Å². The van der Waals surface area contributed by atoms with Gasteiger partial charge in [-0.15, -0.1) is 0 Å². The van der Waals surface area contributed by atoms with Crippen LogP contribution in [-0.2, 0) is 6.54 Å². The summed E-state index contributed by atoms with van der Waals surface area (Å²) in [4.78, 5) is 10.9. The van der Waals surface area contributed by atoms with Gasteiger partial charge < -0.3 is 0 Å². The lowest BCUT2D eigenvalue weighted by molar-refractivity contribution is 0.112. The highest BCUT2D eigenvalue weighted by Gasteiger charge is 2.11. The minimum absolute atomic E-state index is 0.351. The van der Waals surface area contributed by atoms with E-state index in [9.17, 15) is 9.18 Å². The van der Waals surface area contributed by atoms with Gasteiger partial charge in [-0.3, -0.25) is 9.48 Å². The van der Waals surface area contributed by atoms with Crippen LogP contribution in [-0.4, -0.2) is 16.1 Å². The fraction of sp³-hybridized carbons (Fsp3) is 0.231. The van der Waals surface area contributed by atoms with Gasteiger partial charge in [0.2, 0.25) is 0 Å². The quantitative estimate of drug-likeness (QED) is 0.763. The highest BCUT2D eigenvalue weighted by Crippen LogP contribution is 2.26. The standard InChI is InChI=1S/C13H13FN2O/c1-3-16-9(2)13(7-15-16)12-5-4-11(14)6-10(12)8-17/h4-8H,3H2,1-2H3. The van der Waals surface area contributed by atoms with Crippen molar-refractivity contribution in [1.29, 1.82) is 0 Å². The second kappa shape index (κ2) is 4.49. The highest BCUT2D eigenvalue weighted by molar-refractivity contribution is 5.88. The first kappa shape index (κ1) is 11.5. The minimum atomic E-state index is -0.406. The molecule has 0 aliphatic heterocycles. The topological polar surface area (TPSA) is 34.9 Å². The number of hydrogen-bond donors (Lipinski definition) is 0. The Kier molecular flexibility index (Phi) is 3.04. The Morgan fingerprint density at radius 2 is 2.18 bits per heavy atom. The molecule has 3 nitrogen and oxygen atoms in total. The number of aldehydes is 1. The van der Waals surface area contributed by atoms with Crippen LogP contribution in [0.2, 0.25) is 0 Å². The number of nitrogens with zero attached hydrogens (tertiary/aromatic N) is 2. The number of halogens is 1. The molecule has 0 fully saturated rings. The maximum atomic E-state index is 13.0. The molecule has 0 aliphatic carbocycles. The molecular weight excluding hydrogens is 219 g/mol. The van der Waals surface area contributed by atoms with Gasteiger partial charge in [-0.1, -0.05) is 6.07 Å². The summed E-state index contributed by atoms with van der Waals surface area (Å²) in [7, 11) is 0. The molecule has 0 unspecified atom stereocenters. The van der Waals surface area contributed by atoms with Crippen molar-refractivity contribution in [3.63, 3.8) is 0 Å². The van der Waals surface area contributed by atoms with Crippen LogP contribution in [0.1, 0.15) is 23.0 Å². The summed E-state index contributed by atoms with van der Waals surface area (Å²) in [6.45, 7) is 4.70. The van der Waals surface area contributed by atoms with Crippen LogP contribution < -0.4 is 0 Å². The molecule has 4 heteroatoms. The number of aromatic nitrogens is 2. The third-order valence-electron chi connectivity index (χ3n) is 2.83. The lowest BCUT2D eigenvalue weighted by Crippen LogP contribution is -1.99. The molecule has 1 aromatic heterocycles. The Morgan fingerprint density at radius 1 is 1.41 bits per heavy atom. The van der Waals surface area contributed by atoms with Crippen LogP contribution in [0, 0.1) is 12.7 Å². The summed E-state index contributed by atoms with van der Waals surface area (Å²) < 4.78 is 14.9. The predicted molar refractivity (Wildman–Crippen MR) is 63.4 cm³/mol. The summed E-state index contributed by atoms with van der Waals surface area (Å²) >= 11 is 0. The zero-order chi connectivity index (χ0) is 12.4. The average molecular weight is 232 g/mol. The normalized spacial score (nSPS) is 10.5. The van der Waals surface area contributed by atoms with Crippen LogP contribution in [0.3, 0.4) is 0 Å². The van der Waals surface area contributed by atoms with Crippen LogP contribution in [0.4, 0.5) is 4.39 Å². The highest BCUT2D eigenvalue weighted by atomic mass is 19.1. The summed E-state index contributed by atoms with van der Waals surface area (Å²) in [6.07, 6.45) is 2.38. The molecule has 0 amide bonds. The van der Waals surface area contributed by atoms with Gasteiger partial charge in [-0.05, 0) is 31.5 Å². The van der Waals surface area contributed by atoms with Gasteiger partial charge in [-0.2, -0.15) is 5.10 Å². The lowest BCUT2D eigenvalue weighted by atomic mass is 10.0. The second-order valence-corrected chi connectivity index (χ2v) is 3.81. The number of carbonyl (C=O) groups is 1. The molecule has 0 atom stereocenters. The molecule has 0 saturated heterocycles. The van der Waals surface area contributed by atoms with Crippen molar-refractivity contribution in [2.45, 2.75) is 20.4 Å². The molecular formula is C13H13FN2O. The Labute approximate surface area is 98.9 Å². The van der Waals surface area contributed by atoms with Crippen molar-refractivity contribution < 1.29 is 9.18 Å². The monoisotopic (exact) mass is 232 g/mol. The lowest BCUT2D eigenvalue weighted by Gasteiger charge is -2.05. The fourth-order valence-corrected chi connectivity index (χ4v) is 1.91. The Balaban J connectivity index is 2.59. The van der Waals surface area contributed by atoms with E-state index in [1.165, 1.54) is 12.1 Å². The number of hydrogen-bond acceptors (Lipinski definition) is 2. The van der Waals surface area contributed by atoms with E-state index in [0.717, 1.165) is 23.4 Å². The Bertz CT molecular complexity index is 561. The number of carbonyl (C=O) groups excluding carboxylic acids is 1. The van der Waals surface area contributed by atoms with E-state index in [1.54, 1.807) is 12.3 Å². The van der Waals surface area contributed by atoms with Crippen molar-refractivity contribution in [1.82, 2.24) is 9.78 Å². The van der Waals surface area contributed by atoms with Crippen LogP contribution >= 0.6 is 0 Å². The molecule has 2 rings (SSSR count). The smallest absolute Gasteiger partial charge is 0.150 e. The van der Waals surface area contributed by atoms with Crippen molar-refractivity contribution in [2.75, 3.05) is 0 Å². The molecule has 1 aromatic carbocycles. The van der Waals surface area contributed by atoms with Crippen molar-refractivity contribution in [2.24, 2.45) is 0 Å². The molecule has 2 aromatic rings. The van der Waals surface area contributed by atoms with E-state index in [1.807, 2.05) is 18.5 Å². The van der Waals surface area contributed by atoms with Gasteiger partial charge in [0, 0.05) is 23.4 Å². The molecule has 0 bridgehead atoms. The minimum Gasteiger partial charge on any atom is -0.298 e. The molecule has 0 spiro atoms. The Hall–Kier alpha value is -1.97. The third-order valence-corrected chi connectivity index (χ3v) is 2.83. The number of rotatable bonds is 3. The van der Waals surface area contributed by atoms with Gasteiger partial charge >= 0.3 is 0 Å². The second-order valence-electron chi connectivity index (χ2n) is 3.81. The fourth-order valence-electron chi connectivity index (χ4n) is 1.91. The van der Waals surface area contributed by atoms with E-state index < -0.39 is 5.82 Å². The Morgan fingerprint density at radius 3 is 2.76 bits per heavy atom. The number of benzene rings is 1. The maximum Gasteiger partial charge on any atom is 0.150 e. The van der Waals surface area contributed by atoms with Gasteiger partial charge in [0.1, 0.15) is 5.82 Å². The van der Waals surface area contributed by atoms with Gasteiger partial charge in [0.25, 0.3) is 0 Å². The largest absolute Gasteiger partial charge is 0.298 e. The van der Waals surface area contributed by atoms with Gasteiger partial charge in [0.15, 0.2) is 6.29 Å². The van der Waals surface area contributed by atoms with Gasteiger partial charge in [0.05, 0.1) is 6.20 Å². The van der Waals surface area contributed by atoms with E-state index in [2.05, 4.69) is 5.10 Å². The summed E-state index contributed by atoms with van der Waals surface area (Å²) in [5.41, 5.74) is 2.92. The van der Waals surface area contributed by atoms with E-state index in [-0.39, 0.29) is 0 Å². The zero-order valence-electron chi connectivity index (χ0n) is 9.77. The first-order valence-corrected chi connectivity index (χ1v) is 5.45. The molecule has 88 valence electrons. The maximum absolute atomic E-state index is 13.0. The third kappa shape index (κ3) is 1.98. The average Bonchev–Trinajstić information content (AvgIpc) is 2.70. The SMILES string of the molecule is CCn1ncc(-c2ccc(F)cc2C=O)c1C. The van der Waals surface area contributed by atoms with Crippen molar-refractivity contribution >= 4 is 6.29 Å². The molecule has 0 radical (unpaired) electrons. The summed E-state index contributed by atoms with van der Waals surface area (Å²) in [6, 6.07) is 4.21.